The van der Waals surface area contributed by atoms with Crippen molar-refractivity contribution >= 4 is 11.6 Å². The Morgan fingerprint density at radius 3 is 2.76 bits per heavy atom. The van der Waals surface area contributed by atoms with Gasteiger partial charge in [0.25, 0.3) is 0 Å². The van der Waals surface area contributed by atoms with Gasteiger partial charge in [-0.15, -0.1) is 0 Å². The third-order valence-electron chi connectivity index (χ3n) is 3.76. The monoisotopic (exact) mass is 284 g/mol. The number of nitrogens with one attached hydrogen (secondary N) is 2. The first-order valence-electron chi connectivity index (χ1n) is 7.26. The third-order valence-corrected chi connectivity index (χ3v) is 3.76. The zero-order valence-corrected chi connectivity index (χ0v) is 12.6. The number of benzene rings is 1. The van der Waals surface area contributed by atoms with E-state index >= 15 is 0 Å². The van der Waals surface area contributed by atoms with E-state index in [-0.39, 0.29) is 6.04 Å². The van der Waals surface area contributed by atoms with Crippen LogP contribution in [0.1, 0.15) is 29.9 Å². The highest BCUT2D eigenvalue weighted by atomic mass is 16.5. The second-order valence-corrected chi connectivity index (χ2v) is 5.11. The van der Waals surface area contributed by atoms with E-state index in [1.54, 1.807) is 0 Å². The molecule has 0 fully saturated rings. The number of para-hydroxylation sites is 1. The molecule has 21 heavy (non-hydrogen) atoms. The minimum Gasteiger partial charge on any atom is -0.491 e. The van der Waals surface area contributed by atoms with Crippen molar-refractivity contribution in [3.05, 3.63) is 41.2 Å². The summed E-state index contributed by atoms with van der Waals surface area (Å²) in [5.74, 6) is 3.53. The molecular weight excluding hydrogens is 264 g/mol. The van der Waals surface area contributed by atoms with Crippen LogP contribution in [0, 0.1) is 6.92 Å². The van der Waals surface area contributed by atoms with Crippen LogP contribution < -0.4 is 15.4 Å². The molecule has 110 valence electrons. The van der Waals surface area contributed by atoms with Gasteiger partial charge in [0.1, 0.15) is 29.8 Å². The van der Waals surface area contributed by atoms with E-state index in [1.165, 1.54) is 5.56 Å². The Labute approximate surface area is 124 Å². The topological polar surface area (TPSA) is 59.1 Å². The van der Waals surface area contributed by atoms with Crippen LogP contribution in [-0.2, 0) is 6.42 Å². The molecule has 2 N–H and O–H groups in total. The molecule has 1 aromatic heterocycles. The van der Waals surface area contributed by atoms with Gasteiger partial charge in [0.05, 0.1) is 6.04 Å². The Hall–Kier alpha value is -2.30. The van der Waals surface area contributed by atoms with Crippen molar-refractivity contribution in [2.45, 2.75) is 26.3 Å². The number of hydrogen-bond donors (Lipinski definition) is 2. The Balaban J connectivity index is 1.92. The summed E-state index contributed by atoms with van der Waals surface area (Å²) in [7, 11) is 1.88. The van der Waals surface area contributed by atoms with Crippen molar-refractivity contribution in [3.63, 3.8) is 0 Å². The van der Waals surface area contributed by atoms with Gasteiger partial charge >= 0.3 is 0 Å². The number of ether oxygens (including phenoxy) is 1. The molecule has 1 aliphatic rings. The van der Waals surface area contributed by atoms with Crippen LogP contribution in [0.3, 0.4) is 0 Å². The van der Waals surface area contributed by atoms with Crippen LogP contribution in [-0.4, -0.2) is 23.6 Å². The lowest BCUT2D eigenvalue weighted by Crippen LogP contribution is -2.16. The molecule has 1 aliphatic heterocycles. The fourth-order valence-corrected chi connectivity index (χ4v) is 2.55. The summed E-state index contributed by atoms with van der Waals surface area (Å²) in [6.07, 6.45) is 0.807. The maximum atomic E-state index is 5.71. The molecule has 2 aromatic rings. The smallest absolute Gasteiger partial charge is 0.135 e. The molecule has 1 aromatic carbocycles. The summed E-state index contributed by atoms with van der Waals surface area (Å²) in [5, 5.41) is 6.63. The van der Waals surface area contributed by atoms with Gasteiger partial charge in [-0.3, -0.25) is 0 Å². The lowest BCUT2D eigenvalue weighted by molar-refractivity contribution is 0.339. The summed E-state index contributed by atoms with van der Waals surface area (Å²) in [6.45, 7) is 4.70. The largest absolute Gasteiger partial charge is 0.491 e. The Morgan fingerprint density at radius 2 is 2.00 bits per heavy atom. The van der Waals surface area contributed by atoms with E-state index in [9.17, 15) is 0 Å². The molecule has 0 spiro atoms. The van der Waals surface area contributed by atoms with Crippen LogP contribution in [0.5, 0.6) is 5.75 Å². The highest BCUT2D eigenvalue weighted by Crippen LogP contribution is 2.34. The van der Waals surface area contributed by atoms with Crippen LogP contribution in [0.25, 0.3) is 0 Å². The molecular formula is C16H20N4O. The maximum absolute atomic E-state index is 5.71. The van der Waals surface area contributed by atoms with Crippen molar-refractivity contribution in [1.29, 1.82) is 0 Å². The van der Waals surface area contributed by atoms with Crippen molar-refractivity contribution in [2.24, 2.45) is 0 Å². The standard InChI is InChI=1S/C16H20N4O/c1-4-14-19-15(17-3)10(2)16(20-14)18-12-9-21-13-8-6-5-7-11(12)13/h5-8,12H,4,9H2,1-3H3,(H2,17,18,19,20). The average Bonchev–Trinajstić information content (AvgIpc) is 2.92. The lowest BCUT2D eigenvalue weighted by Gasteiger charge is -2.17. The first-order valence-corrected chi connectivity index (χ1v) is 7.26. The third kappa shape index (κ3) is 2.51. The molecule has 0 saturated heterocycles. The fourth-order valence-electron chi connectivity index (χ4n) is 2.55. The molecule has 0 saturated carbocycles. The van der Waals surface area contributed by atoms with Crippen molar-refractivity contribution in [1.82, 2.24) is 9.97 Å². The highest BCUT2D eigenvalue weighted by molar-refractivity contribution is 5.58. The minimum absolute atomic E-state index is 0.129. The van der Waals surface area contributed by atoms with Crippen molar-refractivity contribution in [2.75, 3.05) is 24.3 Å². The molecule has 0 radical (unpaired) electrons. The number of hydrogen-bond acceptors (Lipinski definition) is 5. The van der Waals surface area contributed by atoms with E-state index in [0.717, 1.165) is 35.2 Å². The molecule has 0 aliphatic carbocycles. The van der Waals surface area contributed by atoms with Gasteiger partial charge < -0.3 is 15.4 Å². The van der Waals surface area contributed by atoms with Gasteiger partial charge in [0.15, 0.2) is 0 Å². The molecule has 5 heteroatoms. The number of fused-ring (bicyclic) bond motifs is 1. The number of aryl methyl sites for hydroxylation is 1. The van der Waals surface area contributed by atoms with E-state index in [2.05, 4.69) is 33.6 Å². The normalized spacial score (nSPS) is 16.2. The molecule has 1 atom stereocenters. The van der Waals surface area contributed by atoms with Gasteiger partial charge in [-0.25, -0.2) is 9.97 Å². The first kappa shape index (κ1) is 13.7. The van der Waals surface area contributed by atoms with Crippen LogP contribution in [0.4, 0.5) is 11.6 Å². The summed E-state index contributed by atoms with van der Waals surface area (Å²) < 4.78 is 5.71. The van der Waals surface area contributed by atoms with E-state index in [1.807, 2.05) is 32.2 Å². The molecule has 5 nitrogen and oxygen atoms in total. The fraction of sp³-hybridized carbons (Fsp3) is 0.375. The van der Waals surface area contributed by atoms with Crippen LogP contribution in [0.2, 0.25) is 0 Å². The summed E-state index contributed by atoms with van der Waals surface area (Å²) in [4.78, 5) is 9.11. The number of anilines is 2. The zero-order valence-electron chi connectivity index (χ0n) is 12.6. The summed E-state index contributed by atoms with van der Waals surface area (Å²) >= 11 is 0. The van der Waals surface area contributed by atoms with E-state index in [4.69, 9.17) is 4.74 Å². The van der Waals surface area contributed by atoms with Gasteiger partial charge in [-0.05, 0) is 13.0 Å². The predicted molar refractivity (Wildman–Crippen MR) is 84.0 cm³/mol. The Morgan fingerprint density at radius 1 is 1.24 bits per heavy atom. The highest BCUT2D eigenvalue weighted by Gasteiger charge is 2.24. The van der Waals surface area contributed by atoms with Crippen LogP contribution >= 0.6 is 0 Å². The van der Waals surface area contributed by atoms with Gasteiger partial charge in [0, 0.05) is 24.6 Å². The van der Waals surface area contributed by atoms with Crippen molar-refractivity contribution in [3.8, 4) is 5.75 Å². The zero-order chi connectivity index (χ0) is 14.8. The SMILES string of the molecule is CCc1nc(NC)c(C)c(NC2COc3ccccc32)n1. The summed E-state index contributed by atoms with van der Waals surface area (Å²) in [6, 6.07) is 8.25. The van der Waals surface area contributed by atoms with E-state index < -0.39 is 0 Å². The van der Waals surface area contributed by atoms with Gasteiger partial charge in [-0.2, -0.15) is 0 Å². The Kier molecular flexibility index (Phi) is 3.64. The second kappa shape index (κ2) is 5.60. The molecule has 0 amide bonds. The molecule has 2 heterocycles. The lowest BCUT2D eigenvalue weighted by atomic mass is 10.1. The van der Waals surface area contributed by atoms with Gasteiger partial charge in [0.2, 0.25) is 0 Å². The quantitative estimate of drug-likeness (QED) is 0.904. The Bertz CT molecular complexity index is 657. The number of nitrogens with zero attached hydrogens (tertiary/aromatic N) is 2. The molecule has 3 rings (SSSR count). The first-order chi connectivity index (χ1) is 10.2. The predicted octanol–water partition coefficient (Wildman–Crippen LogP) is 2.93. The molecule has 1 unspecified atom stereocenters. The summed E-state index contributed by atoms with van der Waals surface area (Å²) in [5.41, 5.74) is 2.21. The van der Waals surface area contributed by atoms with Crippen LogP contribution in [0.15, 0.2) is 24.3 Å². The van der Waals surface area contributed by atoms with E-state index in [0.29, 0.717) is 6.61 Å². The van der Waals surface area contributed by atoms with Crippen molar-refractivity contribution < 1.29 is 4.74 Å². The van der Waals surface area contributed by atoms with Gasteiger partial charge in [-0.1, -0.05) is 25.1 Å². The minimum atomic E-state index is 0.129. The average molecular weight is 284 g/mol. The number of rotatable bonds is 4. The molecule has 0 bridgehead atoms. The maximum Gasteiger partial charge on any atom is 0.135 e. The second-order valence-electron chi connectivity index (χ2n) is 5.11. The number of aromatic nitrogens is 2.